The van der Waals surface area contributed by atoms with Crippen molar-refractivity contribution < 1.29 is 9.59 Å². The molecule has 142 valence electrons. The first-order chi connectivity index (χ1) is 12.7. The van der Waals surface area contributed by atoms with Gasteiger partial charge in [-0.1, -0.05) is 13.0 Å². The van der Waals surface area contributed by atoms with Gasteiger partial charge in [-0.2, -0.15) is 0 Å². The van der Waals surface area contributed by atoms with Crippen molar-refractivity contribution in [2.45, 2.75) is 39.2 Å². The van der Waals surface area contributed by atoms with Crippen LogP contribution >= 0.6 is 0 Å². The summed E-state index contributed by atoms with van der Waals surface area (Å²) in [6.07, 6.45) is 5.00. The Labute approximate surface area is 156 Å². The Morgan fingerprint density at radius 3 is 2.38 bits per heavy atom. The fourth-order valence-corrected chi connectivity index (χ4v) is 3.97. The summed E-state index contributed by atoms with van der Waals surface area (Å²) in [5.41, 5.74) is 0.871. The Kier molecular flexibility index (Phi) is 6.61. The first kappa shape index (κ1) is 18.8. The Balaban J connectivity index is 1.41. The van der Waals surface area contributed by atoms with Gasteiger partial charge in [0.1, 0.15) is 0 Å². The highest BCUT2D eigenvalue weighted by molar-refractivity contribution is 5.81. The van der Waals surface area contributed by atoms with E-state index in [1.165, 1.54) is 0 Å². The minimum absolute atomic E-state index is 0.0275. The second-order valence-corrected chi connectivity index (χ2v) is 7.35. The second kappa shape index (κ2) is 9.12. The van der Waals surface area contributed by atoms with E-state index in [2.05, 4.69) is 22.1 Å². The zero-order chi connectivity index (χ0) is 18.4. The van der Waals surface area contributed by atoms with Gasteiger partial charge in [-0.05, 0) is 44.4 Å². The Hall–Kier alpha value is -1.95. The molecular weight excluding hydrogens is 328 g/mol. The van der Waals surface area contributed by atoms with E-state index in [0.29, 0.717) is 12.5 Å². The maximum Gasteiger partial charge on any atom is 0.225 e. The number of aromatic nitrogens is 1. The lowest BCUT2D eigenvalue weighted by molar-refractivity contribution is -0.140. The molecule has 2 aliphatic rings. The minimum atomic E-state index is 0.0275. The van der Waals surface area contributed by atoms with Gasteiger partial charge in [-0.3, -0.25) is 14.6 Å². The number of carbonyl (C=O) groups is 2. The molecule has 0 spiro atoms. The maximum absolute atomic E-state index is 12.7. The van der Waals surface area contributed by atoms with Crippen LogP contribution in [0.1, 0.15) is 38.3 Å². The molecule has 0 bridgehead atoms. The zero-order valence-corrected chi connectivity index (χ0v) is 15.7. The van der Waals surface area contributed by atoms with E-state index in [-0.39, 0.29) is 17.7 Å². The summed E-state index contributed by atoms with van der Waals surface area (Å²) < 4.78 is 0. The number of likely N-dealkylation sites (N-methyl/N-ethyl adjacent to an activating group) is 1. The van der Waals surface area contributed by atoms with E-state index in [0.717, 1.165) is 64.1 Å². The number of carbonyl (C=O) groups excluding carboxylic acids is 2. The predicted molar refractivity (Wildman–Crippen MR) is 100 cm³/mol. The minimum Gasteiger partial charge on any atom is -0.350 e. The van der Waals surface area contributed by atoms with Crippen molar-refractivity contribution in [1.82, 2.24) is 20.1 Å². The number of nitrogens with zero attached hydrogens (tertiary/aromatic N) is 3. The molecule has 1 saturated carbocycles. The fourth-order valence-electron chi connectivity index (χ4n) is 3.97. The molecule has 1 N–H and O–H groups in total. The Morgan fingerprint density at radius 2 is 1.77 bits per heavy atom. The van der Waals surface area contributed by atoms with Gasteiger partial charge in [0, 0.05) is 44.2 Å². The van der Waals surface area contributed by atoms with Crippen molar-refractivity contribution in [2.24, 2.45) is 11.8 Å². The largest absolute Gasteiger partial charge is 0.350 e. The molecule has 3 rings (SSSR count). The van der Waals surface area contributed by atoms with Crippen LogP contribution in [0, 0.1) is 11.8 Å². The summed E-state index contributed by atoms with van der Waals surface area (Å²) in [5, 5.41) is 2.99. The number of hydrogen-bond donors (Lipinski definition) is 1. The van der Waals surface area contributed by atoms with Crippen LogP contribution in [0.25, 0.3) is 0 Å². The van der Waals surface area contributed by atoms with Gasteiger partial charge >= 0.3 is 0 Å². The molecule has 1 aromatic heterocycles. The highest BCUT2D eigenvalue weighted by Crippen LogP contribution is 2.30. The van der Waals surface area contributed by atoms with E-state index >= 15 is 0 Å². The average Bonchev–Trinajstić information content (AvgIpc) is 2.72. The van der Waals surface area contributed by atoms with Crippen LogP contribution in [-0.2, 0) is 16.1 Å². The number of pyridine rings is 1. The van der Waals surface area contributed by atoms with Gasteiger partial charge in [-0.25, -0.2) is 0 Å². The molecule has 6 nitrogen and oxygen atoms in total. The summed E-state index contributed by atoms with van der Waals surface area (Å²) in [6, 6.07) is 5.70. The van der Waals surface area contributed by atoms with Gasteiger partial charge in [-0.15, -0.1) is 0 Å². The van der Waals surface area contributed by atoms with Gasteiger partial charge in [0.15, 0.2) is 0 Å². The third kappa shape index (κ3) is 4.81. The molecule has 6 heteroatoms. The molecule has 0 unspecified atom stereocenters. The van der Waals surface area contributed by atoms with E-state index < -0.39 is 0 Å². The third-order valence-electron chi connectivity index (χ3n) is 5.75. The molecule has 0 aromatic carbocycles. The zero-order valence-electron chi connectivity index (χ0n) is 15.7. The molecule has 2 heterocycles. The van der Waals surface area contributed by atoms with Gasteiger partial charge in [0.2, 0.25) is 11.8 Å². The lowest BCUT2D eigenvalue weighted by Gasteiger charge is -2.37. The van der Waals surface area contributed by atoms with Crippen LogP contribution in [-0.4, -0.2) is 59.3 Å². The summed E-state index contributed by atoms with van der Waals surface area (Å²) in [4.78, 5) is 33.7. The van der Waals surface area contributed by atoms with Crippen molar-refractivity contribution in [2.75, 3.05) is 32.7 Å². The maximum atomic E-state index is 12.7. The molecule has 1 aromatic rings. The van der Waals surface area contributed by atoms with Gasteiger partial charge in [0.25, 0.3) is 0 Å². The van der Waals surface area contributed by atoms with Crippen molar-refractivity contribution in [1.29, 1.82) is 0 Å². The Bertz CT molecular complexity index is 591. The molecular formula is C20H30N4O2. The van der Waals surface area contributed by atoms with E-state index in [1.54, 1.807) is 6.20 Å². The third-order valence-corrected chi connectivity index (χ3v) is 5.75. The van der Waals surface area contributed by atoms with Crippen molar-refractivity contribution >= 4 is 11.8 Å². The normalized spacial score (nSPS) is 24.3. The van der Waals surface area contributed by atoms with Crippen LogP contribution in [0.3, 0.4) is 0 Å². The van der Waals surface area contributed by atoms with Gasteiger partial charge in [0.05, 0.1) is 12.2 Å². The molecule has 0 atom stereocenters. The summed E-state index contributed by atoms with van der Waals surface area (Å²) in [7, 11) is 0. The molecule has 2 amide bonds. The number of hydrogen-bond acceptors (Lipinski definition) is 4. The fraction of sp³-hybridized carbons (Fsp3) is 0.650. The number of nitrogens with one attached hydrogen (secondary N) is 1. The molecule has 1 saturated heterocycles. The second-order valence-electron chi connectivity index (χ2n) is 7.35. The van der Waals surface area contributed by atoms with Crippen LogP contribution in [0.2, 0.25) is 0 Å². The van der Waals surface area contributed by atoms with Crippen molar-refractivity contribution in [3.8, 4) is 0 Å². The summed E-state index contributed by atoms with van der Waals surface area (Å²) in [6.45, 7) is 7.34. The van der Waals surface area contributed by atoms with E-state index in [9.17, 15) is 9.59 Å². The van der Waals surface area contributed by atoms with Crippen molar-refractivity contribution in [3.63, 3.8) is 0 Å². The number of piperazine rings is 1. The smallest absolute Gasteiger partial charge is 0.225 e. The quantitative estimate of drug-likeness (QED) is 0.870. The molecule has 26 heavy (non-hydrogen) atoms. The van der Waals surface area contributed by atoms with Crippen LogP contribution in [0.15, 0.2) is 24.4 Å². The number of amides is 2. The molecule has 1 aliphatic carbocycles. The first-order valence-electron chi connectivity index (χ1n) is 9.86. The number of rotatable bonds is 5. The monoisotopic (exact) mass is 358 g/mol. The SMILES string of the molecule is CCN1CCN(C(=O)C2CCC(C(=O)NCc3ccccn3)CC2)CC1. The highest BCUT2D eigenvalue weighted by atomic mass is 16.2. The molecule has 0 radical (unpaired) electrons. The highest BCUT2D eigenvalue weighted by Gasteiger charge is 2.33. The van der Waals surface area contributed by atoms with E-state index in [1.807, 2.05) is 23.1 Å². The van der Waals surface area contributed by atoms with Gasteiger partial charge < -0.3 is 15.1 Å². The van der Waals surface area contributed by atoms with Crippen LogP contribution < -0.4 is 5.32 Å². The van der Waals surface area contributed by atoms with E-state index in [4.69, 9.17) is 0 Å². The lowest BCUT2D eigenvalue weighted by Crippen LogP contribution is -2.50. The summed E-state index contributed by atoms with van der Waals surface area (Å²) in [5.74, 6) is 0.522. The molecule has 1 aliphatic heterocycles. The first-order valence-corrected chi connectivity index (χ1v) is 9.86. The topological polar surface area (TPSA) is 65.5 Å². The van der Waals surface area contributed by atoms with Crippen LogP contribution in [0.4, 0.5) is 0 Å². The van der Waals surface area contributed by atoms with Crippen molar-refractivity contribution in [3.05, 3.63) is 30.1 Å². The predicted octanol–water partition coefficient (Wildman–Crippen LogP) is 1.67. The Morgan fingerprint density at radius 1 is 1.08 bits per heavy atom. The lowest BCUT2D eigenvalue weighted by atomic mass is 9.81. The average molecular weight is 358 g/mol. The van der Waals surface area contributed by atoms with Crippen LogP contribution in [0.5, 0.6) is 0 Å². The molecule has 2 fully saturated rings. The standard InChI is InChI=1S/C20H30N4O2/c1-2-23-11-13-24(14-12-23)20(26)17-8-6-16(7-9-17)19(25)22-15-18-5-3-4-10-21-18/h3-5,10,16-17H,2,6-9,11-15H2,1H3,(H,22,25). The summed E-state index contributed by atoms with van der Waals surface area (Å²) >= 11 is 0.